The van der Waals surface area contributed by atoms with Gasteiger partial charge >= 0.3 is 0 Å². The standard InChI is InChI=1S/C17H32N2O/c1-2-3-4-5-6-7-8-9-10-11-12-17-18-13-14-19(17)15-16-20/h10-11,13-14,17-18,20H,2-9,12,15-16H2,1H3/b11-10+. The topological polar surface area (TPSA) is 35.5 Å². The van der Waals surface area contributed by atoms with Crippen LogP contribution in [0.2, 0.25) is 0 Å². The van der Waals surface area contributed by atoms with Gasteiger partial charge in [0.1, 0.15) is 6.17 Å². The minimum Gasteiger partial charge on any atom is -0.395 e. The third kappa shape index (κ3) is 7.59. The molecule has 0 bridgehead atoms. The fraction of sp³-hybridized carbons (Fsp3) is 0.765. The van der Waals surface area contributed by atoms with Gasteiger partial charge in [0.25, 0.3) is 0 Å². The number of unbranched alkanes of at least 4 members (excludes halogenated alkanes) is 7. The number of nitrogens with zero attached hydrogens (tertiary/aromatic N) is 1. The van der Waals surface area contributed by atoms with Crippen molar-refractivity contribution in [2.75, 3.05) is 13.2 Å². The summed E-state index contributed by atoms with van der Waals surface area (Å²) in [5.41, 5.74) is 0. The van der Waals surface area contributed by atoms with Gasteiger partial charge in [-0.25, -0.2) is 0 Å². The van der Waals surface area contributed by atoms with E-state index in [1.807, 2.05) is 12.4 Å². The second kappa shape index (κ2) is 11.8. The molecular formula is C17H32N2O. The molecule has 3 heteroatoms. The molecule has 0 amide bonds. The van der Waals surface area contributed by atoms with Gasteiger partial charge in [-0.05, 0) is 12.8 Å². The van der Waals surface area contributed by atoms with Crippen molar-refractivity contribution >= 4 is 0 Å². The summed E-state index contributed by atoms with van der Waals surface area (Å²) in [7, 11) is 0. The number of nitrogens with one attached hydrogen (secondary N) is 1. The van der Waals surface area contributed by atoms with Gasteiger partial charge in [-0.15, -0.1) is 0 Å². The summed E-state index contributed by atoms with van der Waals surface area (Å²) >= 11 is 0. The van der Waals surface area contributed by atoms with Gasteiger partial charge in [-0.3, -0.25) is 0 Å². The molecule has 1 rings (SSSR count). The van der Waals surface area contributed by atoms with E-state index >= 15 is 0 Å². The highest BCUT2D eigenvalue weighted by atomic mass is 16.3. The Morgan fingerprint density at radius 3 is 2.60 bits per heavy atom. The molecule has 0 spiro atoms. The second-order valence-corrected chi connectivity index (χ2v) is 5.58. The zero-order valence-electron chi connectivity index (χ0n) is 13.1. The highest BCUT2D eigenvalue weighted by molar-refractivity contribution is 4.97. The molecule has 1 heterocycles. The fourth-order valence-corrected chi connectivity index (χ4v) is 2.56. The Kier molecular flexibility index (Phi) is 10.1. The van der Waals surface area contributed by atoms with Crippen molar-refractivity contribution in [3.8, 4) is 0 Å². The highest BCUT2D eigenvalue weighted by Crippen LogP contribution is 2.11. The number of aliphatic hydroxyl groups is 1. The largest absolute Gasteiger partial charge is 0.395 e. The van der Waals surface area contributed by atoms with Crippen LogP contribution in [-0.2, 0) is 0 Å². The van der Waals surface area contributed by atoms with E-state index in [-0.39, 0.29) is 6.61 Å². The van der Waals surface area contributed by atoms with E-state index < -0.39 is 0 Å². The van der Waals surface area contributed by atoms with Crippen LogP contribution < -0.4 is 5.32 Å². The quantitative estimate of drug-likeness (QED) is 0.422. The van der Waals surface area contributed by atoms with Crippen LogP contribution in [0.25, 0.3) is 0 Å². The molecule has 1 aliphatic heterocycles. The van der Waals surface area contributed by atoms with E-state index in [2.05, 4.69) is 29.3 Å². The van der Waals surface area contributed by atoms with Crippen LogP contribution in [0.15, 0.2) is 24.6 Å². The molecule has 2 N–H and O–H groups in total. The lowest BCUT2D eigenvalue weighted by molar-refractivity contribution is 0.202. The van der Waals surface area contributed by atoms with Gasteiger partial charge in [0.15, 0.2) is 0 Å². The van der Waals surface area contributed by atoms with Gasteiger partial charge in [0.05, 0.1) is 6.61 Å². The molecule has 0 aliphatic carbocycles. The molecule has 3 nitrogen and oxygen atoms in total. The van der Waals surface area contributed by atoms with Crippen molar-refractivity contribution in [3.63, 3.8) is 0 Å². The van der Waals surface area contributed by atoms with Crippen LogP contribution in [0, 0.1) is 0 Å². The molecule has 0 aromatic heterocycles. The molecule has 0 aromatic rings. The van der Waals surface area contributed by atoms with E-state index in [0.717, 1.165) is 6.42 Å². The van der Waals surface area contributed by atoms with Crippen LogP contribution in [-0.4, -0.2) is 29.3 Å². The molecule has 0 aromatic carbocycles. The van der Waals surface area contributed by atoms with E-state index in [1.54, 1.807) is 0 Å². The molecule has 1 unspecified atom stereocenters. The summed E-state index contributed by atoms with van der Waals surface area (Å²) in [6.45, 7) is 3.19. The summed E-state index contributed by atoms with van der Waals surface area (Å²) in [6, 6.07) is 0. The Hall–Kier alpha value is -0.960. The Bertz CT molecular complexity index is 276. The first kappa shape index (κ1) is 17.1. The zero-order valence-corrected chi connectivity index (χ0v) is 13.1. The number of rotatable bonds is 12. The number of aliphatic hydroxyl groups excluding tert-OH is 1. The minimum absolute atomic E-state index is 0.213. The molecule has 0 fully saturated rings. The normalized spacial score (nSPS) is 18.1. The van der Waals surface area contributed by atoms with Gasteiger partial charge in [-0.1, -0.05) is 57.6 Å². The Morgan fingerprint density at radius 1 is 1.10 bits per heavy atom. The predicted octanol–water partition coefficient (Wildman–Crippen LogP) is 3.77. The van der Waals surface area contributed by atoms with Crippen LogP contribution in [0.5, 0.6) is 0 Å². The van der Waals surface area contributed by atoms with Crippen molar-refractivity contribution in [2.45, 2.75) is 70.9 Å². The lowest BCUT2D eigenvalue weighted by Crippen LogP contribution is -2.36. The smallest absolute Gasteiger partial charge is 0.102 e. The molecule has 1 aliphatic rings. The van der Waals surface area contributed by atoms with Gasteiger partial charge < -0.3 is 15.3 Å². The molecular weight excluding hydrogens is 248 g/mol. The first-order valence-corrected chi connectivity index (χ1v) is 8.32. The van der Waals surface area contributed by atoms with Crippen molar-refractivity contribution in [1.82, 2.24) is 10.2 Å². The summed E-state index contributed by atoms with van der Waals surface area (Å²) < 4.78 is 0. The van der Waals surface area contributed by atoms with Gasteiger partial charge in [0.2, 0.25) is 0 Å². The molecule has 0 radical (unpaired) electrons. The average Bonchev–Trinajstić information content (AvgIpc) is 2.89. The van der Waals surface area contributed by atoms with E-state index in [1.165, 1.54) is 51.4 Å². The Morgan fingerprint density at radius 2 is 1.85 bits per heavy atom. The molecule has 1 atom stereocenters. The number of β-amino-alcohol motifs (C(OH)–C–C–N with tert-alkyl or cyclic N) is 1. The lowest BCUT2D eigenvalue weighted by atomic mass is 10.1. The summed E-state index contributed by atoms with van der Waals surface area (Å²) in [5, 5.41) is 12.3. The number of hydrogen-bond acceptors (Lipinski definition) is 3. The van der Waals surface area contributed by atoms with E-state index in [0.29, 0.717) is 12.7 Å². The number of allylic oxidation sites excluding steroid dienone is 1. The second-order valence-electron chi connectivity index (χ2n) is 5.58. The van der Waals surface area contributed by atoms with Crippen LogP contribution in [0.4, 0.5) is 0 Å². The van der Waals surface area contributed by atoms with Crippen LogP contribution >= 0.6 is 0 Å². The predicted molar refractivity (Wildman–Crippen MR) is 86.2 cm³/mol. The van der Waals surface area contributed by atoms with Gasteiger partial charge in [0, 0.05) is 25.4 Å². The zero-order chi connectivity index (χ0) is 14.5. The Balaban J connectivity index is 1.94. The maximum Gasteiger partial charge on any atom is 0.102 e. The van der Waals surface area contributed by atoms with Crippen LogP contribution in [0.3, 0.4) is 0 Å². The summed E-state index contributed by atoms with van der Waals surface area (Å²) in [4.78, 5) is 2.15. The van der Waals surface area contributed by atoms with Crippen LogP contribution in [0.1, 0.15) is 64.7 Å². The molecule has 116 valence electrons. The van der Waals surface area contributed by atoms with Crippen molar-refractivity contribution in [2.24, 2.45) is 0 Å². The molecule has 20 heavy (non-hydrogen) atoms. The van der Waals surface area contributed by atoms with Crippen molar-refractivity contribution in [3.05, 3.63) is 24.6 Å². The third-order valence-electron chi connectivity index (χ3n) is 3.81. The first-order valence-electron chi connectivity index (χ1n) is 8.32. The maximum atomic E-state index is 8.97. The number of hydrogen-bond donors (Lipinski definition) is 2. The maximum absolute atomic E-state index is 8.97. The SMILES string of the molecule is CCCCCCCCC/C=C/CC1NC=CN1CCO. The van der Waals surface area contributed by atoms with Crippen molar-refractivity contribution < 1.29 is 5.11 Å². The molecule has 0 saturated carbocycles. The first-order chi connectivity index (χ1) is 9.88. The van der Waals surface area contributed by atoms with Crippen molar-refractivity contribution in [1.29, 1.82) is 0 Å². The highest BCUT2D eigenvalue weighted by Gasteiger charge is 2.15. The average molecular weight is 280 g/mol. The lowest BCUT2D eigenvalue weighted by Gasteiger charge is -2.23. The minimum atomic E-state index is 0.213. The van der Waals surface area contributed by atoms with E-state index in [4.69, 9.17) is 5.11 Å². The third-order valence-corrected chi connectivity index (χ3v) is 3.81. The van der Waals surface area contributed by atoms with E-state index in [9.17, 15) is 0 Å². The van der Waals surface area contributed by atoms with Gasteiger partial charge in [-0.2, -0.15) is 0 Å². The summed E-state index contributed by atoms with van der Waals surface area (Å²) in [6.07, 6.45) is 20.7. The fourth-order valence-electron chi connectivity index (χ4n) is 2.56. The summed E-state index contributed by atoms with van der Waals surface area (Å²) in [5.74, 6) is 0. The Labute approximate surface area is 124 Å². The monoisotopic (exact) mass is 280 g/mol. The molecule has 0 saturated heterocycles.